The van der Waals surface area contributed by atoms with E-state index in [0.29, 0.717) is 5.92 Å². The van der Waals surface area contributed by atoms with Crippen molar-refractivity contribution in [1.29, 1.82) is 0 Å². The van der Waals surface area contributed by atoms with Crippen LogP contribution >= 0.6 is 11.3 Å². The average Bonchev–Trinajstić information content (AvgIpc) is 3.27. The molecular formula is C18H20N6S. The summed E-state index contributed by atoms with van der Waals surface area (Å²) in [6, 6.07) is 0. The number of rotatable bonds is 2. The Kier molecular flexibility index (Phi) is 3.39. The lowest BCUT2D eigenvalue weighted by Gasteiger charge is -2.20. The third kappa shape index (κ3) is 2.54. The molecular weight excluding hydrogens is 332 g/mol. The van der Waals surface area contributed by atoms with Gasteiger partial charge in [0.25, 0.3) is 0 Å². The zero-order valence-corrected chi connectivity index (χ0v) is 15.2. The molecule has 0 aromatic carbocycles. The first-order chi connectivity index (χ1) is 12.2. The maximum Gasteiger partial charge on any atom is 0.194 e. The number of hydrogen-bond acceptors (Lipinski definition) is 5. The van der Waals surface area contributed by atoms with E-state index in [1.807, 2.05) is 20.0 Å². The summed E-state index contributed by atoms with van der Waals surface area (Å²) in [6.45, 7) is 6.20. The summed E-state index contributed by atoms with van der Waals surface area (Å²) >= 11 is 1.70. The molecule has 5 heterocycles. The summed E-state index contributed by atoms with van der Waals surface area (Å²) in [5, 5.41) is 3.42. The van der Waals surface area contributed by atoms with Gasteiger partial charge in [-0.2, -0.15) is 0 Å². The molecule has 0 radical (unpaired) electrons. The molecule has 4 aromatic rings. The molecule has 6 nitrogen and oxygen atoms in total. The lowest BCUT2D eigenvalue weighted by molar-refractivity contribution is 0.454. The van der Waals surface area contributed by atoms with Crippen molar-refractivity contribution >= 4 is 21.9 Å². The molecule has 0 spiro atoms. The van der Waals surface area contributed by atoms with Crippen LogP contribution in [0.25, 0.3) is 21.2 Å². The highest BCUT2D eigenvalue weighted by Crippen LogP contribution is 2.31. The summed E-state index contributed by atoms with van der Waals surface area (Å²) < 4.78 is 4.22. The van der Waals surface area contributed by atoms with Crippen molar-refractivity contribution in [2.75, 3.05) is 13.1 Å². The topological polar surface area (TPSA) is 59.5 Å². The zero-order valence-electron chi connectivity index (χ0n) is 14.4. The van der Waals surface area contributed by atoms with E-state index in [1.165, 1.54) is 18.5 Å². The highest BCUT2D eigenvalue weighted by molar-refractivity contribution is 7.20. The lowest BCUT2D eigenvalue weighted by atomic mass is 9.95. The Hall–Kier alpha value is -2.25. The van der Waals surface area contributed by atoms with Gasteiger partial charge in [-0.3, -0.25) is 4.40 Å². The maximum atomic E-state index is 4.88. The van der Waals surface area contributed by atoms with Crippen LogP contribution in [0.2, 0.25) is 0 Å². The van der Waals surface area contributed by atoms with Crippen molar-refractivity contribution in [2.24, 2.45) is 0 Å². The van der Waals surface area contributed by atoms with Crippen LogP contribution in [0.15, 0.2) is 24.8 Å². The summed E-state index contributed by atoms with van der Waals surface area (Å²) in [5.41, 5.74) is 5.09. The molecule has 0 amide bonds. The number of piperidine rings is 1. The van der Waals surface area contributed by atoms with Crippen LogP contribution in [-0.4, -0.2) is 36.8 Å². The third-order valence-electron chi connectivity index (χ3n) is 4.91. The van der Waals surface area contributed by atoms with Gasteiger partial charge in [0.1, 0.15) is 0 Å². The van der Waals surface area contributed by atoms with Crippen molar-refractivity contribution < 1.29 is 0 Å². The summed E-state index contributed by atoms with van der Waals surface area (Å²) in [6.07, 6.45) is 10.8. The van der Waals surface area contributed by atoms with Crippen molar-refractivity contribution in [2.45, 2.75) is 32.6 Å². The Labute approximate surface area is 149 Å². The molecule has 0 atom stereocenters. The molecule has 1 saturated heterocycles. The van der Waals surface area contributed by atoms with E-state index < -0.39 is 0 Å². The summed E-state index contributed by atoms with van der Waals surface area (Å²) in [7, 11) is 0. The van der Waals surface area contributed by atoms with Crippen molar-refractivity contribution in [3.05, 3.63) is 41.9 Å². The molecule has 0 saturated carbocycles. The molecule has 0 unspecified atom stereocenters. The Morgan fingerprint density at radius 3 is 2.64 bits per heavy atom. The van der Waals surface area contributed by atoms with Gasteiger partial charge >= 0.3 is 0 Å². The monoisotopic (exact) mass is 352 g/mol. The Morgan fingerprint density at radius 1 is 1.00 bits per heavy atom. The van der Waals surface area contributed by atoms with E-state index >= 15 is 0 Å². The number of hydrogen-bond donors (Lipinski definition) is 1. The van der Waals surface area contributed by atoms with Gasteiger partial charge < -0.3 is 9.72 Å². The summed E-state index contributed by atoms with van der Waals surface area (Å²) in [4.78, 5) is 16.3. The van der Waals surface area contributed by atoms with Gasteiger partial charge in [-0.05, 0) is 39.8 Å². The number of nitrogens with zero attached hydrogens (tertiary/aromatic N) is 5. The van der Waals surface area contributed by atoms with Gasteiger partial charge in [-0.15, -0.1) is 0 Å². The predicted molar refractivity (Wildman–Crippen MR) is 99.4 cm³/mol. The number of fused-ring (bicyclic) bond motifs is 2. The van der Waals surface area contributed by atoms with Gasteiger partial charge in [0, 0.05) is 30.7 Å². The largest absolute Gasteiger partial charge is 0.317 e. The minimum absolute atomic E-state index is 0.586. The molecule has 1 N–H and O–H groups in total. The Morgan fingerprint density at radius 2 is 1.84 bits per heavy atom. The number of aryl methyl sites for hydroxylation is 2. The van der Waals surface area contributed by atoms with Gasteiger partial charge in [-0.25, -0.2) is 15.0 Å². The second-order valence-electron chi connectivity index (χ2n) is 6.80. The van der Waals surface area contributed by atoms with E-state index in [-0.39, 0.29) is 0 Å². The van der Waals surface area contributed by atoms with Crippen LogP contribution in [0.4, 0.5) is 0 Å². The van der Waals surface area contributed by atoms with Gasteiger partial charge in [0.15, 0.2) is 10.6 Å². The number of nitrogens with one attached hydrogen (secondary N) is 1. The van der Waals surface area contributed by atoms with E-state index in [4.69, 9.17) is 9.97 Å². The molecule has 1 fully saturated rings. The number of thiazole rings is 1. The Bertz CT molecular complexity index is 1030. The molecule has 128 valence electrons. The van der Waals surface area contributed by atoms with Crippen molar-refractivity contribution in [3.63, 3.8) is 0 Å². The molecule has 1 aliphatic heterocycles. The van der Waals surface area contributed by atoms with Crippen LogP contribution in [0.5, 0.6) is 0 Å². The summed E-state index contributed by atoms with van der Waals surface area (Å²) in [5.74, 6) is 0.586. The van der Waals surface area contributed by atoms with Gasteiger partial charge in [0.05, 0.1) is 27.7 Å². The lowest BCUT2D eigenvalue weighted by Crippen LogP contribution is -2.26. The van der Waals surface area contributed by atoms with Crippen LogP contribution in [-0.2, 0) is 0 Å². The number of aromatic nitrogens is 5. The van der Waals surface area contributed by atoms with Crippen LogP contribution in [0.1, 0.15) is 35.8 Å². The van der Waals surface area contributed by atoms with E-state index in [0.717, 1.165) is 45.7 Å². The molecule has 5 rings (SSSR count). The minimum atomic E-state index is 0.586. The van der Waals surface area contributed by atoms with Crippen molar-refractivity contribution in [3.8, 4) is 10.6 Å². The second-order valence-corrected chi connectivity index (χ2v) is 7.81. The van der Waals surface area contributed by atoms with Crippen LogP contribution < -0.4 is 5.32 Å². The highest BCUT2D eigenvalue weighted by Gasteiger charge is 2.19. The second kappa shape index (κ2) is 5.64. The van der Waals surface area contributed by atoms with E-state index in [9.17, 15) is 0 Å². The van der Waals surface area contributed by atoms with Gasteiger partial charge in [0.2, 0.25) is 0 Å². The van der Waals surface area contributed by atoms with Gasteiger partial charge in [-0.1, -0.05) is 11.3 Å². The normalized spacial score (nSPS) is 16.2. The maximum absolute atomic E-state index is 4.88. The molecule has 1 aliphatic rings. The predicted octanol–water partition coefficient (Wildman–Crippen LogP) is 3.19. The number of imidazole rings is 2. The first-order valence-corrected chi connectivity index (χ1v) is 9.51. The minimum Gasteiger partial charge on any atom is -0.317 e. The van der Waals surface area contributed by atoms with Crippen molar-refractivity contribution in [1.82, 2.24) is 29.1 Å². The Balaban J connectivity index is 1.53. The molecule has 0 aliphatic carbocycles. The smallest absolute Gasteiger partial charge is 0.194 e. The first-order valence-electron chi connectivity index (χ1n) is 8.70. The zero-order chi connectivity index (χ0) is 17.0. The van der Waals surface area contributed by atoms with E-state index in [1.54, 1.807) is 11.3 Å². The molecule has 4 aromatic heterocycles. The highest BCUT2D eigenvalue weighted by atomic mass is 32.1. The fourth-order valence-electron chi connectivity index (χ4n) is 3.64. The van der Waals surface area contributed by atoms with Crippen LogP contribution in [0, 0.1) is 13.8 Å². The van der Waals surface area contributed by atoms with E-state index in [2.05, 4.69) is 37.7 Å². The third-order valence-corrected chi connectivity index (χ3v) is 5.93. The molecule has 7 heteroatoms. The fourth-order valence-corrected chi connectivity index (χ4v) is 4.57. The molecule has 25 heavy (non-hydrogen) atoms. The fraction of sp³-hybridized carbons (Fsp3) is 0.389. The average molecular weight is 352 g/mol. The molecule has 0 bridgehead atoms. The first kappa shape index (κ1) is 15.0. The van der Waals surface area contributed by atoms with Crippen LogP contribution in [0.3, 0.4) is 0 Å². The standard InChI is InChI=1S/C18H20N6S/c1-11-7-23-9-15(21-12(2)17(23)20-11)16-10-24-8-14(22-18(24)25-16)13-3-5-19-6-4-13/h7-10,13,19H,3-6H2,1-2H3. The SMILES string of the molecule is Cc1cn2cc(-c3cn4cc(C5CCNCC5)nc4s3)nc(C)c2n1. The quantitative estimate of drug-likeness (QED) is 0.602.